The molecule has 2 aromatic carbocycles. The smallest absolute Gasteiger partial charge is 0.308 e. The Labute approximate surface area is 175 Å². The highest BCUT2D eigenvalue weighted by Crippen LogP contribution is 2.44. The van der Waals surface area contributed by atoms with E-state index >= 15 is 0 Å². The molecule has 3 aromatic rings. The lowest BCUT2D eigenvalue weighted by Gasteiger charge is -2.23. The maximum absolute atomic E-state index is 13.4. The van der Waals surface area contributed by atoms with Crippen molar-refractivity contribution in [1.82, 2.24) is 4.57 Å². The number of hydrogen-bond acceptors (Lipinski definition) is 4. The second kappa shape index (κ2) is 7.56. The molecule has 0 spiro atoms. The molecule has 1 heterocycles. The molecule has 0 aliphatic rings. The molecule has 0 aliphatic heterocycles. The molecule has 0 radical (unpaired) electrons. The molecule has 1 aromatic heterocycles. The van der Waals surface area contributed by atoms with Crippen LogP contribution in [0.4, 0.5) is 0 Å². The highest BCUT2D eigenvalue weighted by Gasteiger charge is 2.30. The van der Waals surface area contributed by atoms with Crippen molar-refractivity contribution in [2.24, 2.45) is 0 Å². The van der Waals surface area contributed by atoms with Crippen LogP contribution in [-0.4, -0.2) is 23.6 Å². The van der Waals surface area contributed by atoms with E-state index in [4.69, 9.17) is 21.1 Å². The lowest BCUT2D eigenvalue weighted by atomic mass is 9.83. The summed E-state index contributed by atoms with van der Waals surface area (Å²) in [6.45, 7) is 9.27. The van der Waals surface area contributed by atoms with E-state index in [0.29, 0.717) is 38.7 Å². The second-order valence-corrected chi connectivity index (χ2v) is 8.38. The van der Waals surface area contributed by atoms with Crippen LogP contribution in [0.15, 0.2) is 36.4 Å². The van der Waals surface area contributed by atoms with Crippen LogP contribution >= 0.6 is 11.6 Å². The molecule has 3 rings (SSSR count). The average Bonchev–Trinajstić information content (AvgIpc) is 2.91. The number of halogens is 1. The Kier molecular flexibility index (Phi) is 5.46. The Balaban J connectivity index is 2.40. The fraction of sp³-hybridized carbons (Fsp3) is 0.304. The van der Waals surface area contributed by atoms with Crippen molar-refractivity contribution in [3.8, 4) is 11.5 Å². The molecule has 6 heteroatoms. The van der Waals surface area contributed by atoms with E-state index in [1.807, 2.05) is 12.1 Å². The lowest BCUT2D eigenvalue weighted by molar-refractivity contribution is -0.131. The largest absolute Gasteiger partial charge is 0.496 e. The molecule has 0 aliphatic carbocycles. The Hall–Kier alpha value is -2.79. The molecular weight excluding hydrogens is 390 g/mol. The van der Waals surface area contributed by atoms with E-state index in [9.17, 15) is 9.59 Å². The number of fused-ring (bicyclic) bond motifs is 1. The SMILES string of the molecule is COc1ccc2c(c(OC(C)=O)c(C)n2C(=O)c2ccc(Cl)cc2)c1C(C)(C)C. The summed E-state index contributed by atoms with van der Waals surface area (Å²) >= 11 is 5.96. The summed E-state index contributed by atoms with van der Waals surface area (Å²) in [5, 5.41) is 1.25. The van der Waals surface area contributed by atoms with Gasteiger partial charge in [-0.1, -0.05) is 32.4 Å². The third-order valence-corrected chi connectivity index (χ3v) is 5.04. The van der Waals surface area contributed by atoms with Gasteiger partial charge in [0.15, 0.2) is 5.75 Å². The summed E-state index contributed by atoms with van der Waals surface area (Å²) in [5.41, 5.74) is 2.25. The fourth-order valence-electron chi connectivity index (χ4n) is 3.62. The van der Waals surface area contributed by atoms with E-state index in [0.717, 1.165) is 5.56 Å². The first kappa shape index (κ1) is 20.9. The van der Waals surface area contributed by atoms with E-state index in [1.54, 1.807) is 42.9 Å². The number of esters is 1. The molecule has 0 unspecified atom stereocenters. The van der Waals surface area contributed by atoms with E-state index < -0.39 is 5.97 Å². The zero-order valence-electron chi connectivity index (χ0n) is 17.4. The Morgan fingerprint density at radius 2 is 1.66 bits per heavy atom. The van der Waals surface area contributed by atoms with Gasteiger partial charge in [-0.15, -0.1) is 0 Å². The molecule has 0 saturated carbocycles. The number of methoxy groups -OCH3 is 1. The van der Waals surface area contributed by atoms with Crippen LogP contribution < -0.4 is 9.47 Å². The minimum absolute atomic E-state index is 0.229. The van der Waals surface area contributed by atoms with Gasteiger partial charge in [-0.2, -0.15) is 0 Å². The minimum atomic E-state index is -0.450. The molecule has 152 valence electrons. The summed E-state index contributed by atoms with van der Waals surface area (Å²) in [6, 6.07) is 10.4. The third kappa shape index (κ3) is 3.75. The summed E-state index contributed by atoms with van der Waals surface area (Å²) in [4.78, 5) is 25.2. The van der Waals surface area contributed by atoms with Gasteiger partial charge in [0.25, 0.3) is 5.91 Å². The zero-order chi connectivity index (χ0) is 21.5. The molecule has 29 heavy (non-hydrogen) atoms. The van der Waals surface area contributed by atoms with Crippen molar-refractivity contribution in [3.63, 3.8) is 0 Å². The second-order valence-electron chi connectivity index (χ2n) is 7.94. The Bertz CT molecular complexity index is 1100. The topological polar surface area (TPSA) is 57.5 Å². The van der Waals surface area contributed by atoms with E-state index in [-0.39, 0.29) is 11.3 Å². The van der Waals surface area contributed by atoms with Gasteiger partial charge in [0.05, 0.1) is 23.7 Å². The number of hydrogen-bond donors (Lipinski definition) is 0. The monoisotopic (exact) mass is 413 g/mol. The summed E-state index contributed by atoms with van der Waals surface area (Å²) in [5.74, 6) is 0.370. The maximum atomic E-state index is 13.4. The van der Waals surface area contributed by atoms with Crippen LogP contribution in [0.2, 0.25) is 5.02 Å². The number of carbonyl (C=O) groups is 2. The number of nitrogens with zero attached hydrogens (tertiary/aromatic N) is 1. The predicted molar refractivity (Wildman–Crippen MR) is 114 cm³/mol. The molecule has 0 saturated heterocycles. The van der Waals surface area contributed by atoms with Crippen LogP contribution in [0, 0.1) is 6.92 Å². The van der Waals surface area contributed by atoms with Crippen LogP contribution in [0.25, 0.3) is 10.9 Å². The normalized spacial score (nSPS) is 11.6. The molecule has 0 bridgehead atoms. The maximum Gasteiger partial charge on any atom is 0.308 e. The quantitative estimate of drug-likeness (QED) is 0.530. The molecule has 5 nitrogen and oxygen atoms in total. The van der Waals surface area contributed by atoms with Crippen LogP contribution in [-0.2, 0) is 10.2 Å². The van der Waals surface area contributed by atoms with E-state index in [1.165, 1.54) is 6.92 Å². The summed E-state index contributed by atoms with van der Waals surface area (Å²) < 4.78 is 12.8. The standard InChI is InChI=1S/C23H24ClNO4/c1-13-21(29-14(2)26)19-17(11-12-18(28-6)20(19)23(3,4)5)25(13)22(27)15-7-9-16(24)10-8-15/h7-12H,1-6H3. The third-order valence-electron chi connectivity index (χ3n) is 4.79. The van der Waals surface area contributed by atoms with Crippen molar-refractivity contribution in [2.75, 3.05) is 7.11 Å². The number of aromatic nitrogens is 1. The zero-order valence-corrected chi connectivity index (χ0v) is 18.2. The first-order chi connectivity index (χ1) is 13.6. The van der Waals surface area contributed by atoms with Crippen LogP contribution in [0.5, 0.6) is 11.5 Å². The predicted octanol–water partition coefficient (Wildman–Crippen LogP) is 5.52. The molecule has 0 amide bonds. The van der Waals surface area contributed by atoms with Crippen LogP contribution in [0.1, 0.15) is 49.3 Å². The molecule has 0 N–H and O–H groups in total. The minimum Gasteiger partial charge on any atom is -0.496 e. The highest BCUT2D eigenvalue weighted by atomic mass is 35.5. The average molecular weight is 414 g/mol. The first-order valence-electron chi connectivity index (χ1n) is 9.27. The highest BCUT2D eigenvalue weighted by molar-refractivity contribution is 6.30. The molecular formula is C23H24ClNO4. The van der Waals surface area contributed by atoms with Gasteiger partial charge in [0.2, 0.25) is 0 Å². The number of benzene rings is 2. The van der Waals surface area contributed by atoms with Gasteiger partial charge < -0.3 is 9.47 Å². The van der Waals surface area contributed by atoms with Crippen molar-refractivity contribution < 1.29 is 19.1 Å². The number of rotatable bonds is 3. The molecule has 0 atom stereocenters. The van der Waals surface area contributed by atoms with Crippen molar-refractivity contribution >= 4 is 34.4 Å². The van der Waals surface area contributed by atoms with Gasteiger partial charge in [0, 0.05) is 23.1 Å². The van der Waals surface area contributed by atoms with Crippen LogP contribution in [0.3, 0.4) is 0 Å². The van der Waals surface area contributed by atoms with Gasteiger partial charge in [0.1, 0.15) is 5.75 Å². The number of ether oxygens (including phenoxy) is 2. The van der Waals surface area contributed by atoms with Crippen molar-refractivity contribution in [1.29, 1.82) is 0 Å². The summed E-state index contributed by atoms with van der Waals surface area (Å²) in [7, 11) is 1.60. The lowest BCUT2D eigenvalue weighted by Crippen LogP contribution is -2.15. The van der Waals surface area contributed by atoms with Gasteiger partial charge in [-0.25, -0.2) is 0 Å². The Morgan fingerprint density at radius 3 is 2.17 bits per heavy atom. The van der Waals surface area contributed by atoms with Gasteiger partial charge in [-0.05, 0) is 48.7 Å². The van der Waals surface area contributed by atoms with Crippen molar-refractivity contribution in [2.45, 2.75) is 40.0 Å². The van der Waals surface area contributed by atoms with E-state index in [2.05, 4.69) is 20.8 Å². The fourth-order valence-corrected chi connectivity index (χ4v) is 3.74. The first-order valence-corrected chi connectivity index (χ1v) is 9.65. The van der Waals surface area contributed by atoms with Gasteiger partial charge >= 0.3 is 5.97 Å². The van der Waals surface area contributed by atoms with Gasteiger partial charge in [-0.3, -0.25) is 14.2 Å². The summed E-state index contributed by atoms with van der Waals surface area (Å²) in [6.07, 6.45) is 0. The number of carbonyl (C=O) groups excluding carboxylic acids is 2. The Morgan fingerprint density at radius 1 is 1.03 bits per heavy atom. The van der Waals surface area contributed by atoms with Crippen molar-refractivity contribution in [3.05, 3.63) is 58.2 Å². The molecule has 0 fully saturated rings.